The van der Waals surface area contributed by atoms with E-state index in [0.29, 0.717) is 0 Å². The molecule has 0 unspecified atom stereocenters. The molecule has 0 N–H and O–H groups in total. The molecule has 96 valence electrons. The maximum Gasteiger partial charge on any atom is 0.383 e. The first-order valence-electron chi connectivity index (χ1n) is 5.22. The van der Waals surface area contributed by atoms with Crippen LogP contribution >= 0.6 is 0 Å². The first kappa shape index (κ1) is 15.5. The number of carbonyl (C=O) groups excluding carboxylic acids is 4. The van der Waals surface area contributed by atoms with Crippen LogP contribution in [0, 0.1) is 10.8 Å². The summed E-state index contributed by atoms with van der Waals surface area (Å²) in [7, 11) is 0. The molecular weight excluding hydrogens is 224 g/mol. The van der Waals surface area contributed by atoms with E-state index in [9.17, 15) is 19.2 Å². The van der Waals surface area contributed by atoms with E-state index < -0.39 is 34.3 Å². The van der Waals surface area contributed by atoms with E-state index in [1.807, 2.05) is 0 Å². The highest BCUT2D eigenvalue weighted by atomic mass is 16.6. The van der Waals surface area contributed by atoms with Crippen LogP contribution in [-0.2, 0) is 23.9 Å². The van der Waals surface area contributed by atoms with Crippen LogP contribution in [-0.4, -0.2) is 23.5 Å². The predicted octanol–water partition coefficient (Wildman–Crippen LogP) is 1.29. The molecular formula is C12H18O5. The van der Waals surface area contributed by atoms with Gasteiger partial charge in [-0.05, 0) is 0 Å². The van der Waals surface area contributed by atoms with E-state index in [0.717, 1.165) is 0 Å². The zero-order valence-corrected chi connectivity index (χ0v) is 11.0. The van der Waals surface area contributed by atoms with Crippen molar-refractivity contribution in [3.05, 3.63) is 0 Å². The Morgan fingerprint density at radius 2 is 0.882 bits per heavy atom. The van der Waals surface area contributed by atoms with E-state index in [4.69, 9.17) is 0 Å². The average Bonchev–Trinajstić information content (AvgIpc) is 2.12. The molecule has 0 fully saturated rings. The van der Waals surface area contributed by atoms with Crippen LogP contribution in [0.5, 0.6) is 0 Å². The molecule has 5 heteroatoms. The normalized spacial score (nSPS) is 11.9. The molecule has 0 heterocycles. The van der Waals surface area contributed by atoms with Crippen molar-refractivity contribution in [2.24, 2.45) is 10.8 Å². The monoisotopic (exact) mass is 242 g/mol. The van der Waals surface area contributed by atoms with Gasteiger partial charge < -0.3 is 4.74 Å². The van der Waals surface area contributed by atoms with Gasteiger partial charge >= 0.3 is 11.9 Å². The second kappa shape index (κ2) is 4.77. The van der Waals surface area contributed by atoms with Crippen molar-refractivity contribution >= 4 is 23.5 Å². The van der Waals surface area contributed by atoms with Crippen LogP contribution in [0.15, 0.2) is 0 Å². The maximum atomic E-state index is 11.4. The summed E-state index contributed by atoms with van der Waals surface area (Å²) in [5.41, 5.74) is -1.88. The minimum absolute atomic E-state index is 0.840. The summed E-state index contributed by atoms with van der Waals surface area (Å²) in [5, 5.41) is 0. The van der Waals surface area contributed by atoms with Gasteiger partial charge in [0.25, 0.3) is 0 Å². The van der Waals surface area contributed by atoms with Crippen LogP contribution < -0.4 is 0 Å². The Morgan fingerprint density at radius 3 is 1.06 bits per heavy atom. The molecule has 0 saturated heterocycles. The highest BCUT2D eigenvalue weighted by Crippen LogP contribution is 2.17. The maximum absolute atomic E-state index is 11.4. The van der Waals surface area contributed by atoms with E-state index >= 15 is 0 Å². The Morgan fingerprint density at radius 1 is 0.647 bits per heavy atom. The summed E-state index contributed by atoms with van der Waals surface area (Å²) in [6.07, 6.45) is 0. The quantitative estimate of drug-likeness (QED) is 0.414. The van der Waals surface area contributed by atoms with Crippen molar-refractivity contribution < 1.29 is 23.9 Å². The largest absolute Gasteiger partial charge is 0.383 e. The first-order valence-corrected chi connectivity index (χ1v) is 5.22. The topological polar surface area (TPSA) is 77.5 Å². The molecule has 0 bridgehead atoms. The average molecular weight is 242 g/mol. The molecule has 0 aromatic rings. The van der Waals surface area contributed by atoms with E-state index in [-0.39, 0.29) is 0 Å². The highest BCUT2D eigenvalue weighted by Gasteiger charge is 2.35. The van der Waals surface area contributed by atoms with Gasteiger partial charge in [-0.3, -0.25) is 9.59 Å². The van der Waals surface area contributed by atoms with Crippen molar-refractivity contribution in [3.63, 3.8) is 0 Å². The summed E-state index contributed by atoms with van der Waals surface area (Å²) in [6, 6.07) is 0. The highest BCUT2D eigenvalue weighted by molar-refractivity contribution is 6.43. The van der Waals surface area contributed by atoms with Crippen LogP contribution in [0.25, 0.3) is 0 Å². The second-order valence-corrected chi connectivity index (χ2v) is 5.84. The third-order valence-corrected chi connectivity index (χ3v) is 1.92. The molecule has 0 aromatic heterocycles. The Balaban J connectivity index is 4.69. The molecule has 5 nitrogen and oxygen atoms in total. The lowest BCUT2D eigenvalue weighted by molar-refractivity contribution is -0.170. The van der Waals surface area contributed by atoms with Crippen LogP contribution in [0.4, 0.5) is 0 Å². The predicted molar refractivity (Wildman–Crippen MR) is 60.0 cm³/mol. The van der Waals surface area contributed by atoms with Crippen LogP contribution in [0.2, 0.25) is 0 Å². The van der Waals surface area contributed by atoms with E-state index in [2.05, 4.69) is 4.74 Å². The Kier molecular flexibility index (Phi) is 4.35. The molecule has 0 rings (SSSR count). The summed E-state index contributed by atoms with van der Waals surface area (Å²) >= 11 is 0. The van der Waals surface area contributed by atoms with Gasteiger partial charge in [0.05, 0.1) is 0 Å². The van der Waals surface area contributed by atoms with Gasteiger partial charge in [-0.1, -0.05) is 41.5 Å². The lowest BCUT2D eigenvalue weighted by Gasteiger charge is -2.16. The molecule has 0 atom stereocenters. The number of ketones is 2. The summed E-state index contributed by atoms with van der Waals surface area (Å²) in [5.74, 6) is -4.26. The molecule has 0 aromatic carbocycles. The van der Waals surface area contributed by atoms with Crippen molar-refractivity contribution in [3.8, 4) is 0 Å². The van der Waals surface area contributed by atoms with Crippen molar-refractivity contribution in [2.75, 3.05) is 0 Å². The number of ether oxygens (including phenoxy) is 1. The summed E-state index contributed by atoms with van der Waals surface area (Å²) in [4.78, 5) is 45.4. The molecule has 0 radical (unpaired) electrons. The van der Waals surface area contributed by atoms with Gasteiger partial charge in [0, 0.05) is 10.8 Å². The number of hydrogen-bond acceptors (Lipinski definition) is 5. The van der Waals surface area contributed by atoms with E-state index in [1.165, 1.54) is 41.5 Å². The zero-order valence-electron chi connectivity index (χ0n) is 11.0. The molecule has 0 aliphatic rings. The molecule has 0 aliphatic carbocycles. The molecule has 0 amide bonds. The lowest BCUT2D eigenvalue weighted by atomic mass is 9.90. The van der Waals surface area contributed by atoms with Gasteiger partial charge in [0.15, 0.2) is 0 Å². The minimum Gasteiger partial charge on any atom is -0.381 e. The van der Waals surface area contributed by atoms with Gasteiger partial charge in [0.2, 0.25) is 11.6 Å². The minimum atomic E-state index is -1.29. The summed E-state index contributed by atoms with van der Waals surface area (Å²) < 4.78 is 4.25. The Hall–Kier alpha value is -1.52. The molecule has 0 saturated carbocycles. The van der Waals surface area contributed by atoms with E-state index in [1.54, 1.807) is 0 Å². The third kappa shape index (κ3) is 4.46. The van der Waals surface area contributed by atoms with Gasteiger partial charge in [0.1, 0.15) is 0 Å². The lowest BCUT2D eigenvalue weighted by Crippen LogP contribution is -2.36. The van der Waals surface area contributed by atoms with Crippen molar-refractivity contribution in [2.45, 2.75) is 41.5 Å². The van der Waals surface area contributed by atoms with Gasteiger partial charge in [-0.2, -0.15) is 0 Å². The van der Waals surface area contributed by atoms with Crippen molar-refractivity contribution in [1.29, 1.82) is 0 Å². The van der Waals surface area contributed by atoms with Gasteiger partial charge in [-0.25, -0.2) is 9.59 Å². The Labute approximate surface area is 101 Å². The third-order valence-electron chi connectivity index (χ3n) is 1.92. The SMILES string of the molecule is CC(C)(C)C(=O)C(=O)OC(=O)C(=O)C(C)(C)C. The van der Waals surface area contributed by atoms with Crippen LogP contribution in [0.3, 0.4) is 0 Å². The second-order valence-electron chi connectivity index (χ2n) is 5.84. The van der Waals surface area contributed by atoms with Crippen LogP contribution in [0.1, 0.15) is 41.5 Å². The number of hydrogen-bond donors (Lipinski definition) is 0. The zero-order chi connectivity index (χ0) is 14.0. The fourth-order valence-corrected chi connectivity index (χ4v) is 0.789. The Bertz CT molecular complexity index is 329. The molecule has 0 spiro atoms. The fourth-order valence-electron chi connectivity index (χ4n) is 0.789. The number of rotatable bonds is 2. The summed E-state index contributed by atoms with van der Waals surface area (Å²) in [6.45, 7) is 9.12. The molecule has 17 heavy (non-hydrogen) atoms. The fraction of sp³-hybridized carbons (Fsp3) is 0.667. The first-order chi connectivity index (χ1) is 7.37. The standard InChI is InChI=1S/C12H18O5/c1-11(2,3)7(13)9(15)17-10(16)8(14)12(4,5)6/h1-6H3. The smallest absolute Gasteiger partial charge is 0.381 e. The van der Waals surface area contributed by atoms with Crippen molar-refractivity contribution in [1.82, 2.24) is 0 Å². The number of carbonyl (C=O) groups is 4. The molecule has 0 aliphatic heterocycles. The number of Topliss-reactive ketones (excluding diaryl/α,β-unsaturated/α-hetero) is 2. The number of esters is 2. The van der Waals surface area contributed by atoms with Gasteiger partial charge in [-0.15, -0.1) is 0 Å².